The summed E-state index contributed by atoms with van der Waals surface area (Å²) in [6.07, 6.45) is 2.78. The maximum atomic E-state index is 13.5. The molecule has 2 saturated heterocycles. The normalized spacial score (nSPS) is 26.9. The summed E-state index contributed by atoms with van der Waals surface area (Å²) in [5.41, 5.74) is 8.63. The highest BCUT2D eigenvalue weighted by atomic mass is 19.1. The van der Waals surface area contributed by atoms with Crippen molar-refractivity contribution in [3.05, 3.63) is 22.9 Å². The summed E-state index contributed by atoms with van der Waals surface area (Å²) in [4.78, 5) is 33.4. The van der Waals surface area contributed by atoms with Gasteiger partial charge in [0.15, 0.2) is 6.17 Å². The lowest BCUT2D eigenvalue weighted by Gasteiger charge is -2.37. The Bertz CT molecular complexity index is 791. The number of piperazine rings is 1. The number of halogens is 1. The van der Waals surface area contributed by atoms with Gasteiger partial charge in [-0.15, -0.1) is 4.91 Å². The fraction of sp³-hybridized carbons (Fsp3) is 0.700. The van der Waals surface area contributed by atoms with Crippen LogP contribution in [0.15, 0.2) is 17.6 Å². The number of nitrogens with one attached hydrogen (secondary N) is 3. The Hall–Kier alpha value is -2.21. The third-order valence-corrected chi connectivity index (χ3v) is 6.31. The van der Waals surface area contributed by atoms with Crippen molar-refractivity contribution in [3.63, 3.8) is 0 Å². The number of hydrogen-bond donors (Lipinski definition) is 4. The van der Waals surface area contributed by atoms with Crippen LogP contribution in [0.5, 0.6) is 0 Å². The first-order chi connectivity index (χ1) is 15.0. The van der Waals surface area contributed by atoms with Crippen molar-refractivity contribution >= 4 is 17.3 Å². The van der Waals surface area contributed by atoms with E-state index in [1.807, 2.05) is 6.20 Å². The smallest absolute Gasteiger partial charge is 0.234 e. The van der Waals surface area contributed by atoms with Gasteiger partial charge in [-0.05, 0) is 31.4 Å². The lowest BCUT2D eigenvalue weighted by Crippen LogP contribution is -2.62. The highest BCUT2D eigenvalue weighted by Gasteiger charge is 2.38. The third-order valence-electron chi connectivity index (χ3n) is 6.31. The number of anilines is 2. The van der Waals surface area contributed by atoms with Gasteiger partial charge in [-0.2, -0.15) is 0 Å². The van der Waals surface area contributed by atoms with Crippen molar-refractivity contribution in [1.82, 2.24) is 20.5 Å². The number of alkyl halides is 1. The third kappa shape index (κ3) is 5.00. The van der Waals surface area contributed by atoms with Gasteiger partial charge in [0, 0.05) is 45.5 Å². The van der Waals surface area contributed by atoms with E-state index in [-0.39, 0.29) is 13.1 Å². The molecular weight excluding hydrogens is 403 g/mol. The number of amides is 1. The van der Waals surface area contributed by atoms with Gasteiger partial charge in [0.1, 0.15) is 12.1 Å². The van der Waals surface area contributed by atoms with Crippen LogP contribution in [0, 0.1) is 10.8 Å². The molecule has 5 N–H and O–H groups in total. The molecule has 11 heteroatoms. The van der Waals surface area contributed by atoms with Gasteiger partial charge >= 0.3 is 0 Å². The molecule has 10 nitrogen and oxygen atoms in total. The molecule has 2 unspecified atom stereocenters. The molecule has 1 aromatic rings. The van der Waals surface area contributed by atoms with Gasteiger partial charge in [0.05, 0.1) is 23.7 Å². The highest BCUT2D eigenvalue weighted by molar-refractivity contribution is 5.97. The standard InChI is InChI=1S/C20H31FN8O2/c1-28-4-6-29(7-5-28)17-14(12-2-3-12)10-23-11-15(17)26-20(30)16(18(22)27-31)19-24-8-13(21)9-25-19/h10-13,16,18-19,24-25H,2-9,22H2,1H3,(H,26,30). The number of nitrogens with zero attached hydrogens (tertiary/aromatic N) is 4. The summed E-state index contributed by atoms with van der Waals surface area (Å²) >= 11 is 0. The van der Waals surface area contributed by atoms with E-state index >= 15 is 0 Å². The minimum absolute atomic E-state index is 0.0816. The van der Waals surface area contributed by atoms with Gasteiger partial charge in [-0.1, -0.05) is 5.18 Å². The van der Waals surface area contributed by atoms with Crippen molar-refractivity contribution in [2.24, 2.45) is 16.8 Å². The Morgan fingerprint density at radius 1 is 1.26 bits per heavy atom. The van der Waals surface area contributed by atoms with Crippen molar-refractivity contribution < 1.29 is 9.18 Å². The largest absolute Gasteiger partial charge is 0.367 e. The quantitative estimate of drug-likeness (QED) is 0.447. The van der Waals surface area contributed by atoms with Gasteiger partial charge in [0.2, 0.25) is 5.91 Å². The molecule has 1 amide bonds. The average molecular weight is 435 g/mol. The zero-order valence-electron chi connectivity index (χ0n) is 17.8. The van der Waals surface area contributed by atoms with Crippen LogP contribution in [0.25, 0.3) is 0 Å². The summed E-state index contributed by atoms with van der Waals surface area (Å²) in [7, 11) is 2.10. The molecule has 2 aliphatic heterocycles. The molecule has 0 aromatic carbocycles. The van der Waals surface area contributed by atoms with Gasteiger partial charge in [-0.25, -0.2) is 4.39 Å². The second-order valence-corrected chi connectivity index (χ2v) is 8.69. The van der Waals surface area contributed by atoms with Crippen LogP contribution in [-0.4, -0.2) is 80.6 Å². The predicted molar refractivity (Wildman–Crippen MR) is 117 cm³/mol. The Morgan fingerprint density at radius 3 is 2.55 bits per heavy atom. The molecular formula is C20H31FN8O2. The summed E-state index contributed by atoms with van der Waals surface area (Å²) in [5, 5.41) is 11.7. The fourth-order valence-electron chi connectivity index (χ4n) is 4.33. The lowest BCUT2D eigenvalue weighted by atomic mass is 9.99. The molecule has 3 aliphatic rings. The number of nitrogens with two attached hydrogens (primary N) is 1. The van der Waals surface area contributed by atoms with E-state index in [1.54, 1.807) is 6.20 Å². The Balaban J connectivity index is 1.59. The van der Waals surface area contributed by atoms with E-state index in [1.165, 1.54) is 0 Å². The van der Waals surface area contributed by atoms with Crippen LogP contribution in [0.3, 0.4) is 0 Å². The van der Waals surface area contributed by atoms with E-state index in [2.05, 4.69) is 43.0 Å². The van der Waals surface area contributed by atoms with E-state index in [0.717, 1.165) is 50.3 Å². The number of carbonyl (C=O) groups excluding carboxylic acids is 1. The lowest BCUT2D eigenvalue weighted by molar-refractivity contribution is -0.122. The van der Waals surface area contributed by atoms with Crippen molar-refractivity contribution in [2.45, 2.75) is 37.3 Å². The predicted octanol–water partition coefficient (Wildman–Crippen LogP) is 0.174. The van der Waals surface area contributed by atoms with Crippen LogP contribution in [0.1, 0.15) is 24.3 Å². The molecule has 2 atom stereocenters. The molecule has 1 aliphatic carbocycles. The number of carbonyl (C=O) groups is 1. The minimum Gasteiger partial charge on any atom is -0.367 e. The topological polar surface area (TPSA) is 128 Å². The molecule has 1 saturated carbocycles. The minimum atomic E-state index is -1.27. The molecule has 0 radical (unpaired) electrons. The summed E-state index contributed by atoms with van der Waals surface area (Å²) in [6.45, 7) is 3.74. The summed E-state index contributed by atoms with van der Waals surface area (Å²) < 4.78 is 13.5. The van der Waals surface area contributed by atoms with Crippen LogP contribution >= 0.6 is 0 Å². The Kier molecular flexibility index (Phi) is 6.75. The van der Waals surface area contributed by atoms with Gasteiger partial charge in [0.25, 0.3) is 0 Å². The molecule has 170 valence electrons. The molecule has 0 bridgehead atoms. The van der Waals surface area contributed by atoms with Crippen LogP contribution < -0.4 is 26.6 Å². The van der Waals surface area contributed by atoms with Gasteiger partial charge < -0.3 is 20.9 Å². The highest BCUT2D eigenvalue weighted by Crippen LogP contribution is 2.46. The second kappa shape index (κ2) is 9.51. The molecule has 3 heterocycles. The van der Waals surface area contributed by atoms with Crippen LogP contribution in [0.2, 0.25) is 0 Å². The molecule has 31 heavy (non-hydrogen) atoms. The number of hydrogen-bond acceptors (Lipinski definition) is 9. The van der Waals surface area contributed by atoms with E-state index in [4.69, 9.17) is 5.73 Å². The maximum absolute atomic E-state index is 13.5. The van der Waals surface area contributed by atoms with E-state index in [9.17, 15) is 14.1 Å². The average Bonchev–Trinajstić information content (AvgIpc) is 3.61. The van der Waals surface area contributed by atoms with Crippen LogP contribution in [0.4, 0.5) is 15.8 Å². The second-order valence-electron chi connectivity index (χ2n) is 8.69. The first-order valence-corrected chi connectivity index (χ1v) is 10.9. The van der Waals surface area contributed by atoms with Crippen molar-refractivity contribution in [3.8, 4) is 0 Å². The van der Waals surface area contributed by atoms with Crippen molar-refractivity contribution in [2.75, 3.05) is 56.5 Å². The van der Waals surface area contributed by atoms with E-state index < -0.39 is 30.3 Å². The number of rotatable bonds is 7. The van der Waals surface area contributed by atoms with E-state index in [0.29, 0.717) is 11.6 Å². The molecule has 3 fully saturated rings. The Labute approximate surface area is 181 Å². The summed E-state index contributed by atoms with van der Waals surface area (Å²) in [6, 6.07) is 0. The van der Waals surface area contributed by atoms with Crippen LogP contribution in [-0.2, 0) is 4.79 Å². The fourth-order valence-corrected chi connectivity index (χ4v) is 4.33. The number of likely N-dealkylation sites (N-methyl/N-ethyl adjacent to an activating group) is 1. The molecule has 4 rings (SSSR count). The van der Waals surface area contributed by atoms with Crippen molar-refractivity contribution in [1.29, 1.82) is 0 Å². The zero-order chi connectivity index (χ0) is 22.0. The molecule has 1 aromatic heterocycles. The maximum Gasteiger partial charge on any atom is 0.234 e. The number of aromatic nitrogens is 1. The summed E-state index contributed by atoms with van der Waals surface area (Å²) in [5.74, 6) is -0.980. The van der Waals surface area contributed by atoms with Gasteiger partial charge in [-0.3, -0.25) is 20.4 Å². The number of nitroso groups, excluding NO2 is 1. The zero-order valence-corrected chi connectivity index (χ0v) is 17.8. The number of pyridine rings is 1. The first kappa shape index (κ1) is 22.0. The SMILES string of the molecule is CN1CCN(c2c(NC(=O)C(C(N)N=O)C3NCC(F)CN3)cncc2C2CC2)CC1. The monoisotopic (exact) mass is 434 g/mol. The Morgan fingerprint density at radius 2 is 1.94 bits per heavy atom. The first-order valence-electron chi connectivity index (χ1n) is 10.9. The molecule has 0 spiro atoms.